The Bertz CT molecular complexity index is 209. The summed E-state index contributed by atoms with van der Waals surface area (Å²) in [5.41, 5.74) is -0.921. The lowest BCUT2D eigenvalue weighted by Crippen LogP contribution is -2.42. The largest absolute Gasteiger partial charge is 0.384 e. The fourth-order valence-electron chi connectivity index (χ4n) is 2.79. The quantitative estimate of drug-likeness (QED) is 0.504. The van der Waals surface area contributed by atoms with Gasteiger partial charge in [0, 0.05) is 6.42 Å². The van der Waals surface area contributed by atoms with Crippen molar-refractivity contribution in [3.63, 3.8) is 0 Å². The van der Waals surface area contributed by atoms with Gasteiger partial charge in [-0.05, 0) is 6.42 Å². The van der Waals surface area contributed by atoms with Crippen LogP contribution in [-0.2, 0) is 9.47 Å². The van der Waals surface area contributed by atoms with Gasteiger partial charge in [-0.25, -0.2) is 0 Å². The van der Waals surface area contributed by atoms with E-state index in [4.69, 9.17) is 9.47 Å². The van der Waals surface area contributed by atoms with Gasteiger partial charge in [-0.2, -0.15) is 0 Å². The van der Waals surface area contributed by atoms with Gasteiger partial charge in [-0.3, -0.25) is 0 Å². The summed E-state index contributed by atoms with van der Waals surface area (Å²) in [5.74, 6) is -1.32. The number of rotatable bonds is 0. The second-order valence-corrected chi connectivity index (χ2v) is 4.10. The van der Waals surface area contributed by atoms with Gasteiger partial charge < -0.3 is 19.7 Å². The Kier molecular flexibility index (Phi) is 1.12. The van der Waals surface area contributed by atoms with Crippen molar-refractivity contribution in [2.24, 2.45) is 5.92 Å². The van der Waals surface area contributed by atoms with Crippen LogP contribution in [0, 0.1) is 5.92 Å². The van der Waals surface area contributed by atoms with E-state index >= 15 is 0 Å². The molecule has 0 aromatic rings. The van der Waals surface area contributed by atoms with Crippen LogP contribution in [0.5, 0.6) is 0 Å². The molecule has 1 aliphatic carbocycles. The van der Waals surface area contributed by atoms with Crippen LogP contribution in [0.3, 0.4) is 0 Å². The summed E-state index contributed by atoms with van der Waals surface area (Å²) in [7, 11) is 0. The van der Waals surface area contributed by atoms with E-state index in [0.29, 0.717) is 13.0 Å². The number of hydrogen-bond donors (Lipinski definition) is 2. The van der Waals surface area contributed by atoms with E-state index in [-0.39, 0.29) is 18.6 Å². The molecule has 0 aromatic heterocycles. The smallest absolute Gasteiger partial charge is 0.173 e. The van der Waals surface area contributed by atoms with Crippen LogP contribution in [0.15, 0.2) is 0 Å². The first kappa shape index (κ1) is 7.26. The molecule has 0 aromatic carbocycles. The number of aliphatic hydroxyl groups is 2. The molecular formula is C8H12O4. The lowest BCUT2D eigenvalue weighted by atomic mass is 9.88. The zero-order valence-corrected chi connectivity index (χ0v) is 6.69. The maximum Gasteiger partial charge on any atom is 0.173 e. The van der Waals surface area contributed by atoms with Gasteiger partial charge in [0.2, 0.25) is 0 Å². The molecule has 1 saturated carbocycles. The normalized spacial score (nSPS) is 62.5. The van der Waals surface area contributed by atoms with Gasteiger partial charge in [-0.1, -0.05) is 0 Å². The standard InChI is InChI=1S/C8H12O4/c9-7-3-11-5-1-2-8(10,6(5)7)12-4-7/h5-6,9-10H,1-4H2/t5-,6+,7-,8+/m1/s1. The van der Waals surface area contributed by atoms with Crippen molar-refractivity contribution in [2.45, 2.75) is 30.3 Å². The molecule has 2 heterocycles. The summed E-state index contributed by atoms with van der Waals surface area (Å²) < 4.78 is 10.6. The van der Waals surface area contributed by atoms with E-state index < -0.39 is 11.4 Å². The Balaban J connectivity index is 2.05. The highest BCUT2D eigenvalue weighted by Gasteiger charge is 2.67. The van der Waals surface area contributed by atoms with Crippen LogP contribution in [0.25, 0.3) is 0 Å². The molecular weight excluding hydrogens is 160 g/mol. The van der Waals surface area contributed by atoms with E-state index in [0.717, 1.165) is 6.42 Å². The summed E-state index contributed by atoms with van der Waals surface area (Å²) in [6.07, 6.45) is 1.39. The van der Waals surface area contributed by atoms with E-state index in [9.17, 15) is 10.2 Å². The van der Waals surface area contributed by atoms with Crippen molar-refractivity contribution in [2.75, 3.05) is 13.2 Å². The summed E-state index contributed by atoms with van der Waals surface area (Å²) >= 11 is 0. The summed E-state index contributed by atoms with van der Waals surface area (Å²) in [6, 6.07) is 0. The second kappa shape index (κ2) is 1.85. The second-order valence-electron chi connectivity index (χ2n) is 4.10. The van der Waals surface area contributed by atoms with Gasteiger partial charge in [0.25, 0.3) is 0 Å². The number of ether oxygens (including phenoxy) is 2. The molecule has 0 bridgehead atoms. The third-order valence-electron chi connectivity index (χ3n) is 3.34. The monoisotopic (exact) mass is 172 g/mol. The van der Waals surface area contributed by atoms with E-state index in [1.807, 2.05) is 0 Å². The molecule has 2 aliphatic heterocycles. The zero-order chi connectivity index (χ0) is 8.40. The van der Waals surface area contributed by atoms with Crippen LogP contribution in [0.4, 0.5) is 0 Å². The van der Waals surface area contributed by atoms with Gasteiger partial charge in [-0.15, -0.1) is 0 Å². The molecule has 0 amide bonds. The first-order chi connectivity index (χ1) is 5.64. The average molecular weight is 172 g/mol. The summed E-state index contributed by atoms with van der Waals surface area (Å²) in [4.78, 5) is 0. The van der Waals surface area contributed by atoms with E-state index in [1.165, 1.54) is 0 Å². The molecule has 12 heavy (non-hydrogen) atoms. The molecule has 4 nitrogen and oxygen atoms in total. The Hall–Kier alpha value is -0.160. The molecule has 0 radical (unpaired) electrons. The molecule has 68 valence electrons. The van der Waals surface area contributed by atoms with Crippen LogP contribution >= 0.6 is 0 Å². The predicted molar refractivity (Wildman–Crippen MR) is 38.3 cm³/mol. The van der Waals surface area contributed by atoms with E-state index in [2.05, 4.69) is 0 Å². The Morgan fingerprint density at radius 2 is 2.08 bits per heavy atom. The van der Waals surface area contributed by atoms with Gasteiger partial charge in [0.05, 0.1) is 25.2 Å². The molecule has 3 fully saturated rings. The Morgan fingerprint density at radius 3 is 2.92 bits per heavy atom. The van der Waals surface area contributed by atoms with Crippen molar-refractivity contribution in [1.29, 1.82) is 0 Å². The molecule has 2 saturated heterocycles. The van der Waals surface area contributed by atoms with Crippen LogP contribution in [0.2, 0.25) is 0 Å². The Morgan fingerprint density at radius 1 is 1.25 bits per heavy atom. The Labute approximate surface area is 70.1 Å². The van der Waals surface area contributed by atoms with Crippen molar-refractivity contribution in [3.8, 4) is 0 Å². The first-order valence-corrected chi connectivity index (χ1v) is 4.34. The van der Waals surface area contributed by atoms with E-state index in [1.54, 1.807) is 0 Å². The van der Waals surface area contributed by atoms with Crippen LogP contribution in [-0.4, -0.2) is 40.9 Å². The van der Waals surface area contributed by atoms with Gasteiger partial charge >= 0.3 is 0 Å². The lowest BCUT2D eigenvalue weighted by Gasteiger charge is -2.23. The maximum absolute atomic E-state index is 9.97. The van der Waals surface area contributed by atoms with Gasteiger partial charge in [0.15, 0.2) is 5.79 Å². The van der Waals surface area contributed by atoms with Gasteiger partial charge in [0.1, 0.15) is 5.60 Å². The highest BCUT2D eigenvalue weighted by Crippen LogP contribution is 2.53. The van der Waals surface area contributed by atoms with Crippen molar-refractivity contribution in [3.05, 3.63) is 0 Å². The lowest BCUT2D eigenvalue weighted by molar-refractivity contribution is -0.187. The van der Waals surface area contributed by atoms with Crippen LogP contribution < -0.4 is 0 Å². The fraction of sp³-hybridized carbons (Fsp3) is 1.00. The highest BCUT2D eigenvalue weighted by atomic mass is 16.7. The minimum atomic E-state index is -1.10. The minimum Gasteiger partial charge on any atom is -0.384 e. The zero-order valence-electron chi connectivity index (χ0n) is 6.69. The van der Waals surface area contributed by atoms with Crippen molar-refractivity contribution in [1.82, 2.24) is 0 Å². The molecule has 3 rings (SSSR count). The molecule has 0 spiro atoms. The third-order valence-corrected chi connectivity index (χ3v) is 3.34. The summed E-state index contributed by atoms with van der Waals surface area (Å²) in [6.45, 7) is 0.523. The van der Waals surface area contributed by atoms with Crippen molar-refractivity contribution < 1.29 is 19.7 Å². The first-order valence-electron chi connectivity index (χ1n) is 4.34. The molecule has 0 unspecified atom stereocenters. The minimum absolute atomic E-state index is 0.00231. The molecule has 4 atom stereocenters. The molecule has 4 heteroatoms. The number of hydrogen-bond acceptors (Lipinski definition) is 4. The topological polar surface area (TPSA) is 58.9 Å². The molecule has 3 aliphatic rings. The summed E-state index contributed by atoms with van der Waals surface area (Å²) in [5, 5.41) is 19.9. The highest BCUT2D eigenvalue weighted by molar-refractivity contribution is 5.11. The maximum atomic E-state index is 9.97. The SMILES string of the molecule is O[C@]12CO[C@@H]3CC[C@](O)(OC1)[C@@H]32. The fourth-order valence-corrected chi connectivity index (χ4v) is 2.79. The van der Waals surface area contributed by atoms with Crippen LogP contribution in [0.1, 0.15) is 12.8 Å². The predicted octanol–water partition coefficient (Wildman–Crippen LogP) is -0.755. The average Bonchev–Trinajstić information content (AvgIpc) is 2.58. The van der Waals surface area contributed by atoms with Crippen molar-refractivity contribution >= 4 is 0 Å². The molecule has 2 N–H and O–H groups in total. The third kappa shape index (κ3) is 0.633.